The Kier molecular flexibility index (Phi) is 15.2. The van der Waals surface area contributed by atoms with Crippen LogP contribution in [0.4, 0.5) is 0 Å². The summed E-state index contributed by atoms with van der Waals surface area (Å²) in [4.78, 5) is 4.57. The summed E-state index contributed by atoms with van der Waals surface area (Å²) in [6.07, 6.45) is 48.1. The Morgan fingerprint density at radius 2 is 1.57 bits per heavy atom. The zero-order valence-corrected chi connectivity index (χ0v) is 36.8. The minimum atomic E-state index is 0.554. The quantitative estimate of drug-likeness (QED) is 0.172. The van der Waals surface area contributed by atoms with Crippen LogP contribution in [-0.2, 0) is 0 Å². The fraction of sp³-hybridized carbons (Fsp3) is 0.203. The summed E-state index contributed by atoms with van der Waals surface area (Å²) in [6.45, 7) is 17.2. The molecule has 302 valence electrons. The first-order valence-corrected chi connectivity index (χ1v) is 21.5. The third-order valence-electron chi connectivity index (χ3n) is 11.9. The van der Waals surface area contributed by atoms with Gasteiger partial charge in [0.15, 0.2) is 0 Å². The van der Waals surface area contributed by atoms with Crippen LogP contribution in [0.2, 0.25) is 0 Å². The number of hydrogen-bond acceptors (Lipinski definition) is 1. The molecule has 3 aromatic carbocycles. The van der Waals surface area contributed by atoms with Crippen molar-refractivity contribution >= 4 is 39.8 Å². The molecule has 0 aliphatic heterocycles. The summed E-state index contributed by atoms with van der Waals surface area (Å²) in [5, 5.41) is 2.54. The van der Waals surface area contributed by atoms with E-state index in [0.717, 1.165) is 37.0 Å². The second-order valence-electron chi connectivity index (χ2n) is 15.8. The summed E-state index contributed by atoms with van der Waals surface area (Å²) in [5.74, 6) is 0.554. The van der Waals surface area contributed by atoms with Gasteiger partial charge >= 0.3 is 0 Å². The predicted octanol–water partition coefficient (Wildman–Crippen LogP) is 16.4. The van der Waals surface area contributed by atoms with Gasteiger partial charge < -0.3 is 0 Å². The number of benzene rings is 3. The molecule has 60 heavy (non-hydrogen) atoms. The molecule has 1 nitrogen and oxygen atoms in total. The summed E-state index contributed by atoms with van der Waals surface area (Å²) in [7, 11) is 1.86. The van der Waals surface area contributed by atoms with E-state index < -0.39 is 0 Å². The Hall–Kier alpha value is -6.31. The smallest absolute Gasteiger partial charge is 0.0645 e. The Balaban J connectivity index is 1.44. The summed E-state index contributed by atoms with van der Waals surface area (Å²) in [6, 6.07) is 20.2. The van der Waals surface area contributed by atoms with Crippen LogP contribution in [0.1, 0.15) is 88.1 Å². The average molecular weight is 784 g/mol. The van der Waals surface area contributed by atoms with Crippen molar-refractivity contribution in [1.29, 1.82) is 0 Å². The fourth-order valence-electron chi connectivity index (χ4n) is 8.48. The van der Waals surface area contributed by atoms with Crippen molar-refractivity contribution in [3.63, 3.8) is 0 Å². The van der Waals surface area contributed by atoms with Gasteiger partial charge in [0.25, 0.3) is 0 Å². The number of nitrogens with zero attached hydrogens (tertiary/aromatic N) is 1. The highest BCUT2D eigenvalue weighted by molar-refractivity contribution is 6.12. The Morgan fingerprint density at radius 1 is 0.833 bits per heavy atom. The van der Waals surface area contributed by atoms with Crippen molar-refractivity contribution in [2.45, 2.75) is 67.2 Å². The molecule has 1 atom stereocenters. The van der Waals surface area contributed by atoms with Gasteiger partial charge in [0, 0.05) is 12.6 Å². The van der Waals surface area contributed by atoms with Crippen LogP contribution >= 0.6 is 0 Å². The van der Waals surface area contributed by atoms with E-state index in [-0.39, 0.29) is 0 Å². The molecule has 0 amide bonds. The fourth-order valence-corrected chi connectivity index (χ4v) is 8.48. The highest BCUT2D eigenvalue weighted by Crippen LogP contribution is 2.35. The summed E-state index contributed by atoms with van der Waals surface area (Å²) in [5.41, 5.74) is 18.6. The highest BCUT2D eigenvalue weighted by atomic mass is 14.7. The molecule has 0 N–H and O–H groups in total. The van der Waals surface area contributed by atoms with Crippen LogP contribution in [0.25, 0.3) is 34.1 Å². The number of hydrogen-bond donors (Lipinski definition) is 0. The summed E-state index contributed by atoms with van der Waals surface area (Å²) < 4.78 is 0. The molecule has 1 heteroatoms. The summed E-state index contributed by atoms with van der Waals surface area (Å²) >= 11 is 0. The van der Waals surface area contributed by atoms with E-state index >= 15 is 0 Å². The second-order valence-corrected chi connectivity index (χ2v) is 15.8. The van der Waals surface area contributed by atoms with Gasteiger partial charge in [-0.2, -0.15) is 0 Å². The lowest BCUT2D eigenvalue weighted by Gasteiger charge is -2.21. The van der Waals surface area contributed by atoms with E-state index in [1.807, 2.05) is 25.3 Å². The topological polar surface area (TPSA) is 12.4 Å². The van der Waals surface area contributed by atoms with Crippen molar-refractivity contribution < 1.29 is 0 Å². The maximum atomic E-state index is 4.57. The molecule has 3 aliphatic rings. The van der Waals surface area contributed by atoms with E-state index in [2.05, 4.69) is 211 Å². The first-order chi connectivity index (χ1) is 29.3. The molecule has 0 aromatic heterocycles. The second kappa shape index (κ2) is 21.1. The molecule has 3 aliphatic carbocycles. The molecule has 0 bridgehead atoms. The zero-order valence-electron chi connectivity index (χ0n) is 36.8. The molecule has 1 unspecified atom stereocenters. The van der Waals surface area contributed by atoms with Gasteiger partial charge in [-0.25, -0.2) is 0 Å². The molecular formula is C59H61N. The van der Waals surface area contributed by atoms with Gasteiger partial charge in [-0.3, -0.25) is 4.99 Å². The molecule has 0 radical (unpaired) electrons. The third-order valence-corrected chi connectivity index (χ3v) is 11.9. The van der Waals surface area contributed by atoms with Crippen LogP contribution in [-0.4, -0.2) is 12.8 Å². The maximum absolute atomic E-state index is 4.57. The number of aryl methyl sites for hydroxylation is 1. The largest absolute Gasteiger partial charge is 0.288 e. The van der Waals surface area contributed by atoms with Crippen LogP contribution in [0.15, 0.2) is 215 Å². The number of allylic oxidation sites excluding steroid dienone is 27. The first-order valence-electron chi connectivity index (χ1n) is 21.5. The maximum Gasteiger partial charge on any atom is 0.0645 e. The standard InChI is InChI=1S/C59H61N/c1-9-12-26-55(44(6)45(7)56-28-19-20-31-59(56)60-8)52(11-3)49-37-34-48(35-38-49)47(36-39-51-40-43(5)54(22-10-2)58-30-18-17-29-57(51)58)33-32-46-24-15-13-14-16-27-53-42(4)23-21-25-50(53)41-46/h9-22,25-26,28-31,33-42H,1,23-24,27,32H2,2-8H3/b15-13-,16-14-,22-10-,26-12-,39-36+,46-41+,47-33+,52-11-,55-44-,56-45+,60-59?. The Labute approximate surface area is 360 Å². The first kappa shape index (κ1) is 43.3. The molecule has 0 spiro atoms. The van der Waals surface area contributed by atoms with Gasteiger partial charge in [-0.15, -0.1) is 0 Å². The molecule has 0 heterocycles. The van der Waals surface area contributed by atoms with Gasteiger partial charge in [-0.05, 0) is 144 Å². The molecule has 6 rings (SSSR count). The average Bonchev–Trinajstić information content (AvgIpc) is 3.27. The van der Waals surface area contributed by atoms with E-state index in [1.54, 1.807) is 0 Å². The van der Waals surface area contributed by atoms with Crippen LogP contribution in [0.5, 0.6) is 0 Å². The van der Waals surface area contributed by atoms with Gasteiger partial charge in [0.1, 0.15) is 0 Å². The normalized spacial score (nSPS) is 21.5. The van der Waals surface area contributed by atoms with Crippen molar-refractivity contribution in [2.75, 3.05) is 7.05 Å². The van der Waals surface area contributed by atoms with Crippen molar-refractivity contribution in [1.82, 2.24) is 0 Å². The van der Waals surface area contributed by atoms with Gasteiger partial charge in [0.2, 0.25) is 0 Å². The van der Waals surface area contributed by atoms with Crippen LogP contribution in [0, 0.1) is 12.8 Å². The zero-order chi connectivity index (χ0) is 42.4. The molecule has 0 saturated carbocycles. The SMILES string of the molecule is C=C\C=C/C(C(=C\C)/c1ccc(C(/C=C/c2cc(C)c(/C=C\C)c3ccccc23)=C/C/C2=C/C3=C(C/C=C\C=C/C2)C(C)CC=C3)cc1)=C(C)/C(C)=C1\C=CC=CC1=NC. The molecule has 0 saturated heterocycles. The van der Waals surface area contributed by atoms with Crippen molar-refractivity contribution in [2.24, 2.45) is 10.9 Å². The predicted molar refractivity (Wildman–Crippen MR) is 267 cm³/mol. The number of fused-ring (bicyclic) bond motifs is 1. The van der Waals surface area contributed by atoms with E-state index in [0.29, 0.717) is 5.92 Å². The Bertz CT molecular complexity index is 2580. The van der Waals surface area contributed by atoms with Gasteiger partial charge in [-0.1, -0.05) is 195 Å². The minimum absolute atomic E-state index is 0.554. The minimum Gasteiger partial charge on any atom is -0.288 e. The number of aliphatic imine (C=N–C) groups is 1. The molecule has 3 aromatic rings. The highest BCUT2D eigenvalue weighted by Gasteiger charge is 2.17. The van der Waals surface area contributed by atoms with Crippen LogP contribution in [0.3, 0.4) is 0 Å². The molecule has 0 fully saturated rings. The number of rotatable bonds is 11. The Morgan fingerprint density at radius 3 is 2.30 bits per heavy atom. The third kappa shape index (κ3) is 10.3. The van der Waals surface area contributed by atoms with Crippen LogP contribution < -0.4 is 0 Å². The van der Waals surface area contributed by atoms with Gasteiger partial charge in [0.05, 0.1) is 5.71 Å². The lowest BCUT2D eigenvalue weighted by Crippen LogP contribution is -2.05. The lowest BCUT2D eigenvalue weighted by atomic mass is 9.84. The van der Waals surface area contributed by atoms with E-state index in [1.165, 1.54) is 83.2 Å². The monoisotopic (exact) mass is 783 g/mol. The lowest BCUT2D eigenvalue weighted by molar-refractivity contribution is 0.664. The van der Waals surface area contributed by atoms with Crippen molar-refractivity contribution in [3.8, 4) is 0 Å². The van der Waals surface area contributed by atoms with E-state index in [9.17, 15) is 0 Å². The molecular weight excluding hydrogens is 723 g/mol. The van der Waals surface area contributed by atoms with E-state index in [4.69, 9.17) is 0 Å². The van der Waals surface area contributed by atoms with Crippen molar-refractivity contribution in [3.05, 3.63) is 237 Å².